The van der Waals surface area contributed by atoms with Crippen molar-refractivity contribution in [2.75, 3.05) is 6.61 Å². The first kappa shape index (κ1) is 48.4. The number of hydrogen-bond donors (Lipinski definition) is 0. The van der Waals surface area contributed by atoms with Crippen LogP contribution in [0.1, 0.15) is 76.2 Å². The fourth-order valence-electron chi connectivity index (χ4n) is 6.57. The summed E-state index contributed by atoms with van der Waals surface area (Å²) in [5, 5.41) is 0. The zero-order chi connectivity index (χ0) is 44.5. The van der Waals surface area contributed by atoms with E-state index in [9.17, 15) is 43.2 Å². The molecule has 15 atom stereocenters. The standard InChI is InChI=1S/C36H50O23/c1-13-25(49-16(4)38)28(51-18(6)40)31(54-21(9)43)34(47-13)58-27-24(12-46-15(3)37)57-36(56-23(11)45)33(30(27)53-20(8)42)59-35-32(55-22(10)44)29(52-19(7)41)26(14(2)48-35)50-17(5)39/h13-14,24-36H,12H2,1-11H3/t13-,14-,24+,25-,26-,27-,28+,29+,30-,31+,32+,33+,34-,35-,36-/m0/s1. The summed E-state index contributed by atoms with van der Waals surface area (Å²) in [4.78, 5) is 111. The van der Waals surface area contributed by atoms with Gasteiger partial charge in [-0.15, -0.1) is 0 Å². The quantitative estimate of drug-likeness (QED) is 0.159. The van der Waals surface area contributed by atoms with Gasteiger partial charge in [-0.3, -0.25) is 43.2 Å². The minimum Gasteiger partial charge on any atom is -0.463 e. The average Bonchev–Trinajstić information content (AvgIpc) is 3.07. The molecule has 3 fully saturated rings. The normalized spacial score (nSPS) is 34.1. The molecule has 23 nitrogen and oxygen atoms in total. The third-order valence-corrected chi connectivity index (χ3v) is 8.48. The predicted molar refractivity (Wildman–Crippen MR) is 184 cm³/mol. The summed E-state index contributed by atoms with van der Waals surface area (Å²) in [7, 11) is 0. The Hall–Kier alpha value is -4.97. The van der Waals surface area contributed by atoms with E-state index < -0.39 is 152 Å². The largest absolute Gasteiger partial charge is 0.463 e. The number of ether oxygens (including phenoxy) is 14. The van der Waals surface area contributed by atoms with Crippen LogP contribution in [0.4, 0.5) is 0 Å². The van der Waals surface area contributed by atoms with E-state index in [2.05, 4.69) is 0 Å². The molecule has 0 bridgehead atoms. The number of esters is 9. The Morgan fingerprint density at radius 1 is 0.339 bits per heavy atom. The lowest BCUT2D eigenvalue weighted by Crippen LogP contribution is -2.68. The van der Waals surface area contributed by atoms with Gasteiger partial charge in [-0.05, 0) is 13.8 Å². The molecule has 3 saturated heterocycles. The van der Waals surface area contributed by atoms with Crippen molar-refractivity contribution in [3.05, 3.63) is 0 Å². The van der Waals surface area contributed by atoms with Crippen molar-refractivity contribution in [3.63, 3.8) is 0 Å². The number of carbonyl (C=O) groups is 9. The van der Waals surface area contributed by atoms with E-state index in [4.69, 9.17) is 66.3 Å². The zero-order valence-corrected chi connectivity index (χ0v) is 34.3. The first-order chi connectivity index (χ1) is 27.5. The molecular formula is C36H50O23. The first-order valence-electron chi connectivity index (χ1n) is 18.3. The molecule has 0 spiro atoms. The van der Waals surface area contributed by atoms with Crippen molar-refractivity contribution in [3.8, 4) is 0 Å². The van der Waals surface area contributed by atoms with Crippen LogP contribution in [0.5, 0.6) is 0 Å². The van der Waals surface area contributed by atoms with Crippen LogP contribution in [-0.4, -0.2) is 152 Å². The third kappa shape index (κ3) is 13.8. The van der Waals surface area contributed by atoms with E-state index in [-0.39, 0.29) is 0 Å². The molecule has 0 aliphatic carbocycles. The summed E-state index contributed by atoms with van der Waals surface area (Å²) in [6, 6.07) is 0. The Bertz CT molecular complexity index is 1580. The van der Waals surface area contributed by atoms with E-state index in [1.807, 2.05) is 0 Å². The maximum Gasteiger partial charge on any atom is 0.305 e. The fourth-order valence-corrected chi connectivity index (χ4v) is 6.57. The Morgan fingerprint density at radius 3 is 0.983 bits per heavy atom. The summed E-state index contributed by atoms with van der Waals surface area (Å²) in [6.45, 7) is 11.5. The third-order valence-electron chi connectivity index (χ3n) is 8.48. The van der Waals surface area contributed by atoms with Crippen LogP contribution in [0.2, 0.25) is 0 Å². The minimum atomic E-state index is -1.87. The molecule has 0 amide bonds. The summed E-state index contributed by atoms with van der Waals surface area (Å²) in [5.41, 5.74) is 0. The van der Waals surface area contributed by atoms with Crippen molar-refractivity contribution in [2.45, 2.75) is 168 Å². The van der Waals surface area contributed by atoms with Gasteiger partial charge in [0.1, 0.15) is 18.8 Å². The van der Waals surface area contributed by atoms with Crippen molar-refractivity contribution < 1.29 is 109 Å². The van der Waals surface area contributed by atoms with Crippen LogP contribution in [0.3, 0.4) is 0 Å². The molecule has 0 aromatic rings. The minimum absolute atomic E-state index is 0.669. The van der Waals surface area contributed by atoms with Gasteiger partial charge >= 0.3 is 53.7 Å². The first-order valence-corrected chi connectivity index (χ1v) is 18.3. The van der Waals surface area contributed by atoms with Gasteiger partial charge in [0, 0.05) is 62.3 Å². The molecule has 59 heavy (non-hydrogen) atoms. The number of rotatable bonds is 14. The average molecular weight is 851 g/mol. The van der Waals surface area contributed by atoms with Crippen LogP contribution in [0.15, 0.2) is 0 Å². The van der Waals surface area contributed by atoms with Gasteiger partial charge in [0.05, 0.1) is 12.2 Å². The second-order valence-electron chi connectivity index (χ2n) is 13.6. The van der Waals surface area contributed by atoms with Gasteiger partial charge in [-0.25, -0.2) is 0 Å². The van der Waals surface area contributed by atoms with Gasteiger partial charge < -0.3 is 66.3 Å². The molecule has 3 rings (SSSR count). The monoisotopic (exact) mass is 850 g/mol. The lowest BCUT2D eigenvalue weighted by Gasteiger charge is -2.50. The van der Waals surface area contributed by atoms with Gasteiger partial charge in [0.2, 0.25) is 6.29 Å². The summed E-state index contributed by atoms with van der Waals surface area (Å²) >= 11 is 0. The van der Waals surface area contributed by atoms with Crippen molar-refractivity contribution in [1.82, 2.24) is 0 Å². The van der Waals surface area contributed by atoms with Crippen molar-refractivity contribution in [1.29, 1.82) is 0 Å². The molecule has 0 aromatic carbocycles. The summed E-state index contributed by atoms with van der Waals surface area (Å²) in [6.07, 6.45) is -23.9. The molecule has 0 saturated carbocycles. The van der Waals surface area contributed by atoms with Crippen molar-refractivity contribution >= 4 is 53.7 Å². The van der Waals surface area contributed by atoms with Gasteiger partial charge in [-0.2, -0.15) is 0 Å². The molecule has 3 aliphatic rings. The molecule has 0 radical (unpaired) electrons. The van der Waals surface area contributed by atoms with E-state index in [0.29, 0.717) is 0 Å². The zero-order valence-electron chi connectivity index (χ0n) is 34.3. The maximum absolute atomic E-state index is 12.9. The molecular weight excluding hydrogens is 800 g/mol. The summed E-state index contributed by atoms with van der Waals surface area (Å²) in [5.74, 6) is -8.02. The van der Waals surface area contributed by atoms with Gasteiger partial charge in [0.25, 0.3) is 0 Å². The van der Waals surface area contributed by atoms with Gasteiger partial charge in [0.15, 0.2) is 61.4 Å². The molecule has 23 heteroatoms. The Morgan fingerprint density at radius 2 is 0.644 bits per heavy atom. The molecule has 3 aliphatic heterocycles. The summed E-state index contributed by atoms with van der Waals surface area (Å²) < 4.78 is 79.8. The highest BCUT2D eigenvalue weighted by atomic mass is 16.8. The van der Waals surface area contributed by atoms with Crippen molar-refractivity contribution in [2.24, 2.45) is 0 Å². The van der Waals surface area contributed by atoms with Crippen LogP contribution in [0, 0.1) is 0 Å². The van der Waals surface area contributed by atoms with Crippen LogP contribution in [0.25, 0.3) is 0 Å². The smallest absolute Gasteiger partial charge is 0.305 e. The van der Waals surface area contributed by atoms with E-state index in [1.165, 1.54) is 13.8 Å². The van der Waals surface area contributed by atoms with Crippen LogP contribution < -0.4 is 0 Å². The topological polar surface area (TPSA) is 283 Å². The second kappa shape index (κ2) is 21.3. The van der Waals surface area contributed by atoms with E-state index in [0.717, 1.165) is 62.3 Å². The molecule has 332 valence electrons. The highest BCUT2D eigenvalue weighted by Gasteiger charge is 2.59. The van der Waals surface area contributed by atoms with E-state index in [1.54, 1.807) is 0 Å². The molecule has 3 heterocycles. The van der Waals surface area contributed by atoms with Gasteiger partial charge in [-0.1, -0.05) is 0 Å². The molecule has 0 aromatic heterocycles. The molecule has 0 N–H and O–H groups in total. The number of carbonyl (C=O) groups excluding carboxylic acids is 9. The highest BCUT2D eigenvalue weighted by Crippen LogP contribution is 2.38. The Kier molecular flexibility index (Phi) is 17.5. The van der Waals surface area contributed by atoms with E-state index >= 15 is 0 Å². The molecule has 0 unspecified atom stereocenters. The Labute approximate surface area is 338 Å². The predicted octanol–water partition coefficient (Wildman–Crippen LogP) is -0.381. The van der Waals surface area contributed by atoms with Crippen LogP contribution >= 0.6 is 0 Å². The fraction of sp³-hybridized carbons (Fsp3) is 0.750. The number of hydrogen-bond acceptors (Lipinski definition) is 23. The Balaban J connectivity index is 2.23. The maximum atomic E-state index is 12.9. The SMILES string of the molecule is CC(=O)OC[C@H]1O[C@H](OC(C)=O)[C@H](O[C@@H]2O[C@@H](C)[C@H](OC(C)=O)[C@@H](OC(C)=O)[C@H]2OC(C)=O)[C@@H](OC(C)=O)[C@H]1O[C@@H]1O[C@@H](C)[C@H](OC(C)=O)[C@@H](OC(C)=O)[C@H]1OC(C)=O. The second-order valence-corrected chi connectivity index (χ2v) is 13.6. The highest BCUT2D eigenvalue weighted by molar-refractivity contribution is 5.70. The van der Waals surface area contributed by atoms with Crippen LogP contribution in [-0.2, 0) is 109 Å². The lowest BCUT2D eigenvalue weighted by molar-refractivity contribution is -0.380. The lowest BCUT2D eigenvalue weighted by atomic mass is 9.95.